The fraction of sp³-hybridized carbons (Fsp3) is 0.516. The standard InChI is InChI=1S/C31H42BrN3O3/c1-9-12-20-17-35(29(34-32)27(20)22-13-10-11-14-25(22)33-19(2)36)18-26(37)21-15-23(30(3,4)5)28(38)24(16-21)31(6,7)8/h10-11,13-16,20,27,38H,9,12,17-18H2,1-8H3,(H,33,36)/t20-,27-/m0/s1. The second-order valence-corrected chi connectivity index (χ2v) is 12.8. The second kappa shape index (κ2) is 11.6. The zero-order chi connectivity index (χ0) is 28.4. The number of amides is 1. The first-order chi connectivity index (χ1) is 17.7. The van der Waals surface area contributed by atoms with E-state index in [-0.39, 0.29) is 46.7 Å². The number of halogens is 1. The molecular weight excluding hydrogens is 542 g/mol. The lowest BCUT2D eigenvalue weighted by Gasteiger charge is -2.28. The van der Waals surface area contributed by atoms with E-state index >= 15 is 0 Å². The SMILES string of the molecule is CCC[C@H]1CN(CC(=O)c2cc(C(C)(C)C)c(O)c(C(C)(C)C)c2)C(=NBr)[C@@H]1c1ccccc1NC(C)=O. The van der Waals surface area contributed by atoms with Crippen LogP contribution in [-0.2, 0) is 15.6 Å². The van der Waals surface area contributed by atoms with E-state index in [9.17, 15) is 14.7 Å². The Morgan fingerprint density at radius 2 is 1.66 bits per heavy atom. The predicted molar refractivity (Wildman–Crippen MR) is 160 cm³/mol. The number of phenols is 1. The van der Waals surface area contributed by atoms with Crippen molar-refractivity contribution in [2.75, 3.05) is 18.4 Å². The summed E-state index contributed by atoms with van der Waals surface area (Å²) in [5.74, 6) is 1.11. The van der Waals surface area contributed by atoms with Gasteiger partial charge in [-0.05, 0) is 46.9 Å². The van der Waals surface area contributed by atoms with Crippen molar-refractivity contribution in [3.63, 3.8) is 0 Å². The van der Waals surface area contributed by atoms with Gasteiger partial charge in [-0.15, -0.1) is 0 Å². The first-order valence-corrected chi connectivity index (χ1v) is 14.1. The van der Waals surface area contributed by atoms with Gasteiger partial charge in [0, 0.05) is 41.8 Å². The molecule has 7 heteroatoms. The molecule has 0 saturated carbocycles. The van der Waals surface area contributed by atoms with Crippen LogP contribution in [-0.4, -0.2) is 40.6 Å². The minimum atomic E-state index is -0.318. The van der Waals surface area contributed by atoms with Crippen LogP contribution in [0.25, 0.3) is 0 Å². The van der Waals surface area contributed by atoms with E-state index < -0.39 is 0 Å². The number of amidine groups is 1. The maximum atomic E-state index is 13.8. The smallest absolute Gasteiger partial charge is 0.221 e. The van der Waals surface area contributed by atoms with E-state index in [4.69, 9.17) is 0 Å². The molecule has 1 heterocycles. The number of Topliss-reactive ketones (excluding diaryl/α,β-unsaturated/α-hetero) is 1. The van der Waals surface area contributed by atoms with Crippen LogP contribution in [0.4, 0.5) is 5.69 Å². The van der Waals surface area contributed by atoms with Crippen molar-refractivity contribution in [2.45, 2.75) is 85.0 Å². The molecule has 2 N–H and O–H groups in total. The highest BCUT2D eigenvalue weighted by Crippen LogP contribution is 2.42. The van der Waals surface area contributed by atoms with E-state index in [2.05, 4.69) is 37.3 Å². The summed E-state index contributed by atoms with van der Waals surface area (Å²) in [5.41, 5.74) is 3.29. The average Bonchev–Trinajstić information content (AvgIpc) is 3.14. The van der Waals surface area contributed by atoms with E-state index in [1.54, 1.807) is 0 Å². The third-order valence-corrected chi connectivity index (χ3v) is 7.63. The van der Waals surface area contributed by atoms with Crippen molar-refractivity contribution < 1.29 is 14.7 Å². The Hall–Kier alpha value is -2.67. The third kappa shape index (κ3) is 6.48. The molecule has 0 radical (unpaired) electrons. The van der Waals surface area contributed by atoms with E-state index in [0.29, 0.717) is 12.1 Å². The minimum Gasteiger partial charge on any atom is -0.507 e. The summed E-state index contributed by atoms with van der Waals surface area (Å²) in [6.45, 7) is 16.8. The van der Waals surface area contributed by atoms with Crippen molar-refractivity contribution in [3.8, 4) is 5.75 Å². The van der Waals surface area contributed by atoms with Gasteiger partial charge in [-0.3, -0.25) is 9.59 Å². The highest BCUT2D eigenvalue weighted by molar-refractivity contribution is 9.08. The molecule has 0 spiro atoms. The Morgan fingerprint density at radius 1 is 1.08 bits per heavy atom. The van der Waals surface area contributed by atoms with Gasteiger partial charge in [0.05, 0.1) is 22.7 Å². The number of hydrogen-bond acceptors (Lipinski definition) is 4. The largest absolute Gasteiger partial charge is 0.507 e. The molecule has 1 aliphatic heterocycles. The molecule has 38 heavy (non-hydrogen) atoms. The van der Waals surface area contributed by atoms with Gasteiger partial charge in [0.15, 0.2) is 5.78 Å². The third-order valence-electron chi connectivity index (χ3n) is 7.26. The zero-order valence-electron chi connectivity index (χ0n) is 24.0. The highest BCUT2D eigenvalue weighted by atomic mass is 79.9. The Morgan fingerprint density at radius 3 is 2.16 bits per heavy atom. The Labute approximate surface area is 236 Å². The fourth-order valence-electron chi connectivity index (χ4n) is 5.44. The number of likely N-dealkylation sites (tertiary alicyclic amines) is 1. The van der Waals surface area contributed by atoms with Crippen molar-refractivity contribution in [1.82, 2.24) is 4.90 Å². The lowest BCUT2D eigenvalue weighted by molar-refractivity contribution is -0.114. The van der Waals surface area contributed by atoms with Crippen LogP contribution in [0.1, 0.15) is 101 Å². The summed E-state index contributed by atoms with van der Waals surface area (Å²) < 4.78 is 4.50. The van der Waals surface area contributed by atoms with Crippen LogP contribution in [0, 0.1) is 5.92 Å². The van der Waals surface area contributed by atoms with Gasteiger partial charge in [-0.1, -0.05) is 73.1 Å². The Bertz CT molecular complexity index is 1190. The topological polar surface area (TPSA) is 82.0 Å². The maximum absolute atomic E-state index is 13.8. The van der Waals surface area contributed by atoms with Gasteiger partial charge in [0.25, 0.3) is 0 Å². The van der Waals surface area contributed by atoms with Gasteiger partial charge < -0.3 is 15.3 Å². The zero-order valence-corrected chi connectivity index (χ0v) is 25.6. The first-order valence-electron chi connectivity index (χ1n) is 13.4. The molecule has 1 fully saturated rings. The molecule has 6 nitrogen and oxygen atoms in total. The van der Waals surface area contributed by atoms with Crippen molar-refractivity contribution in [3.05, 3.63) is 58.7 Å². The summed E-state index contributed by atoms with van der Waals surface area (Å²) in [7, 11) is 0. The van der Waals surface area contributed by atoms with Gasteiger partial charge in [-0.2, -0.15) is 4.02 Å². The van der Waals surface area contributed by atoms with Gasteiger partial charge >= 0.3 is 0 Å². The number of carbonyl (C=O) groups excluding carboxylic acids is 2. The molecule has 2 atom stereocenters. The molecule has 206 valence electrons. The number of para-hydroxylation sites is 1. The molecule has 0 unspecified atom stereocenters. The van der Waals surface area contributed by atoms with E-state index in [1.807, 2.05) is 77.9 Å². The number of nitrogens with zero attached hydrogens (tertiary/aromatic N) is 2. The van der Waals surface area contributed by atoms with Crippen molar-refractivity contribution >= 4 is 39.4 Å². The van der Waals surface area contributed by atoms with Crippen LogP contribution in [0.3, 0.4) is 0 Å². The molecule has 2 aromatic rings. The van der Waals surface area contributed by atoms with Crippen LogP contribution in [0.2, 0.25) is 0 Å². The van der Waals surface area contributed by atoms with Crippen molar-refractivity contribution in [1.29, 1.82) is 0 Å². The van der Waals surface area contributed by atoms with Crippen LogP contribution in [0.15, 0.2) is 40.4 Å². The normalized spacial score (nSPS) is 19.2. The number of benzene rings is 2. The molecule has 0 bridgehead atoms. The molecule has 1 aliphatic rings. The van der Waals surface area contributed by atoms with Gasteiger partial charge in [0.1, 0.15) is 11.6 Å². The van der Waals surface area contributed by atoms with Crippen LogP contribution < -0.4 is 5.32 Å². The maximum Gasteiger partial charge on any atom is 0.221 e. The Kier molecular flexibility index (Phi) is 9.12. The quantitative estimate of drug-likeness (QED) is 0.334. The monoisotopic (exact) mass is 583 g/mol. The highest BCUT2D eigenvalue weighted by Gasteiger charge is 2.41. The number of carbonyl (C=O) groups is 2. The molecular formula is C31H42BrN3O3. The molecule has 1 amide bonds. The Balaban J connectivity index is 2.02. The van der Waals surface area contributed by atoms with Gasteiger partial charge in [-0.25, -0.2) is 0 Å². The predicted octanol–water partition coefficient (Wildman–Crippen LogP) is 7.35. The number of anilines is 1. The number of nitrogens with one attached hydrogen (secondary N) is 1. The number of phenolic OH excluding ortho intramolecular Hbond substituents is 1. The molecule has 2 aromatic carbocycles. The number of rotatable bonds is 7. The molecule has 0 aliphatic carbocycles. The minimum absolute atomic E-state index is 0.0132. The summed E-state index contributed by atoms with van der Waals surface area (Å²) in [6.07, 6.45) is 1.97. The molecule has 1 saturated heterocycles. The van der Waals surface area contributed by atoms with Gasteiger partial charge in [0.2, 0.25) is 5.91 Å². The summed E-state index contributed by atoms with van der Waals surface area (Å²) in [6, 6.07) is 11.5. The van der Waals surface area contributed by atoms with E-state index in [0.717, 1.165) is 41.1 Å². The number of hydrogen-bond donors (Lipinski definition) is 2. The summed E-state index contributed by atoms with van der Waals surface area (Å²) in [4.78, 5) is 27.8. The van der Waals surface area contributed by atoms with E-state index in [1.165, 1.54) is 6.92 Å². The fourth-order valence-corrected chi connectivity index (χ4v) is 5.88. The lowest BCUT2D eigenvalue weighted by atomic mass is 9.78. The average molecular weight is 585 g/mol. The van der Waals surface area contributed by atoms with Crippen molar-refractivity contribution in [2.24, 2.45) is 9.94 Å². The number of aromatic hydroxyl groups is 1. The summed E-state index contributed by atoms with van der Waals surface area (Å²) in [5, 5.41) is 14.1. The first kappa shape index (κ1) is 29.9. The second-order valence-electron chi connectivity index (χ2n) is 12.5. The van der Waals surface area contributed by atoms with Crippen LogP contribution >= 0.6 is 16.1 Å². The molecule has 3 rings (SSSR count). The summed E-state index contributed by atoms with van der Waals surface area (Å²) >= 11 is 3.35. The number of ketones is 1. The molecule has 0 aromatic heterocycles. The van der Waals surface area contributed by atoms with Crippen LogP contribution in [0.5, 0.6) is 5.75 Å². The lowest BCUT2D eigenvalue weighted by Crippen LogP contribution is -2.33.